The first-order chi connectivity index (χ1) is 18.9. The van der Waals surface area contributed by atoms with E-state index < -0.39 is 0 Å². The molecule has 1 aromatic carbocycles. The van der Waals surface area contributed by atoms with E-state index in [1.165, 1.54) is 108 Å². The van der Waals surface area contributed by atoms with Gasteiger partial charge in [0.25, 0.3) is 0 Å². The van der Waals surface area contributed by atoms with Gasteiger partial charge in [0.1, 0.15) is 0 Å². The largest absolute Gasteiger partial charge is 0.328 e. The van der Waals surface area contributed by atoms with Crippen LogP contribution in [0.3, 0.4) is 0 Å². The first kappa shape index (κ1) is 34.3. The van der Waals surface area contributed by atoms with Gasteiger partial charge in [-0.25, -0.2) is 0 Å². The molecule has 2 saturated carbocycles. The van der Waals surface area contributed by atoms with E-state index in [9.17, 15) is 0 Å². The Hall–Kier alpha value is -0.940. The van der Waals surface area contributed by atoms with Crippen LogP contribution >= 0.6 is 0 Å². The van der Waals surface area contributed by atoms with Gasteiger partial charge in [0.15, 0.2) is 0 Å². The van der Waals surface area contributed by atoms with Gasteiger partial charge in [0.2, 0.25) is 0 Å². The van der Waals surface area contributed by atoms with Crippen LogP contribution in [0.5, 0.6) is 0 Å². The van der Waals surface area contributed by atoms with Gasteiger partial charge < -0.3 is 17.2 Å². The van der Waals surface area contributed by atoms with Gasteiger partial charge in [-0.15, -0.1) is 0 Å². The molecule has 4 unspecified atom stereocenters. The monoisotopic (exact) mass is 543 g/mol. The number of nitrogens with zero attached hydrogens (tertiary/aromatic N) is 1. The summed E-state index contributed by atoms with van der Waals surface area (Å²) in [5.74, 6) is 0. The van der Waals surface area contributed by atoms with Crippen molar-refractivity contribution in [2.45, 2.75) is 167 Å². The molecule has 2 fully saturated rings. The van der Waals surface area contributed by atoms with E-state index in [4.69, 9.17) is 17.2 Å². The second-order valence-corrected chi connectivity index (χ2v) is 12.7. The van der Waals surface area contributed by atoms with Crippen LogP contribution in [-0.2, 0) is 0 Å². The van der Waals surface area contributed by atoms with Crippen molar-refractivity contribution in [3.8, 4) is 0 Å². The third-order valence-electron chi connectivity index (χ3n) is 10.2. The predicted molar refractivity (Wildman–Crippen MR) is 172 cm³/mol. The minimum absolute atomic E-state index is 0.0238. The molecule has 3 rings (SSSR count). The summed E-state index contributed by atoms with van der Waals surface area (Å²) in [6.07, 6.45) is 22.6. The fourth-order valence-corrected chi connectivity index (χ4v) is 7.96. The SMILES string of the molecule is CCCCCCC1(C(N)c2ccccc2)CCCC(N)C1(CC)N(CCCC)CCCC.NC1CCCCC1. The molecule has 2 aliphatic rings. The molecule has 4 nitrogen and oxygen atoms in total. The molecule has 6 N–H and O–H groups in total. The second-order valence-electron chi connectivity index (χ2n) is 12.7. The Bertz CT molecular complexity index is 725. The van der Waals surface area contributed by atoms with Gasteiger partial charge >= 0.3 is 0 Å². The Morgan fingerprint density at radius 1 is 0.769 bits per heavy atom. The second kappa shape index (κ2) is 18.5. The first-order valence-electron chi connectivity index (χ1n) is 17.0. The van der Waals surface area contributed by atoms with Crippen molar-refractivity contribution in [3.63, 3.8) is 0 Å². The Kier molecular flexibility index (Phi) is 16.2. The lowest BCUT2D eigenvalue weighted by Gasteiger charge is -2.64. The minimum Gasteiger partial charge on any atom is -0.328 e. The van der Waals surface area contributed by atoms with Crippen molar-refractivity contribution < 1.29 is 0 Å². The third-order valence-corrected chi connectivity index (χ3v) is 10.2. The molecule has 39 heavy (non-hydrogen) atoms. The fourth-order valence-electron chi connectivity index (χ4n) is 7.96. The molecule has 226 valence electrons. The highest BCUT2D eigenvalue weighted by Gasteiger charge is 2.60. The van der Waals surface area contributed by atoms with Crippen LogP contribution in [0.1, 0.15) is 155 Å². The summed E-state index contributed by atoms with van der Waals surface area (Å²) >= 11 is 0. The number of benzene rings is 1. The van der Waals surface area contributed by atoms with Crippen LogP contribution in [0.4, 0.5) is 0 Å². The standard InChI is InChI=1S/C29H53N3.C6H13N/c1-5-9-12-16-21-28(27(31)25-18-14-13-15-19-25)22-17-20-26(30)29(28,8-4)32(23-10-6-2)24-11-7-3;7-6-4-2-1-3-5-6/h13-15,18-19,26-27H,5-12,16-17,20-24,30-31H2,1-4H3;6H,1-5,7H2. The van der Waals surface area contributed by atoms with E-state index in [2.05, 4.69) is 62.9 Å². The normalized spacial score (nSPS) is 26.7. The topological polar surface area (TPSA) is 81.3 Å². The molecule has 0 amide bonds. The molecule has 1 aromatic rings. The van der Waals surface area contributed by atoms with E-state index in [1.54, 1.807) is 0 Å². The molecule has 0 spiro atoms. The van der Waals surface area contributed by atoms with Gasteiger partial charge in [-0.05, 0) is 70.0 Å². The van der Waals surface area contributed by atoms with Gasteiger partial charge in [-0.1, -0.05) is 122 Å². The smallest absolute Gasteiger partial charge is 0.0431 e. The molecule has 0 radical (unpaired) electrons. The Morgan fingerprint density at radius 2 is 1.38 bits per heavy atom. The van der Waals surface area contributed by atoms with Crippen LogP contribution in [-0.4, -0.2) is 35.6 Å². The van der Waals surface area contributed by atoms with Crippen LogP contribution in [0.25, 0.3) is 0 Å². The molecule has 0 bridgehead atoms. The molecule has 4 heteroatoms. The molecule has 0 aliphatic heterocycles. The van der Waals surface area contributed by atoms with E-state index in [-0.39, 0.29) is 23.0 Å². The van der Waals surface area contributed by atoms with Gasteiger partial charge in [-0.2, -0.15) is 0 Å². The number of rotatable bonds is 15. The van der Waals surface area contributed by atoms with Crippen molar-refractivity contribution in [2.24, 2.45) is 22.6 Å². The van der Waals surface area contributed by atoms with Crippen molar-refractivity contribution >= 4 is 0 Å². The zero-order valence-corrected chi connectivity index (χ0v) is 26.4. The highest BCUT2D eigenvalue weighted by molar-refractivity contribution is 5.27. The zero-order chi connectivity index (χ0) is 28.6. The molecular formula is C35H66N4. The number of nitrogens with two attached hydrogens (primary N) is 3. The van der Waals surface area contributed by atoms with E-state index >= 15 is 0 Å². The maximum absolute atomic E-state index is 7.35. The molecule has 0 saturated heterocycles. The third kappa shape index (κ3) is 9.02. The van der Waals surface area contributed by atoms with Crippen LogP contribution in [0, 0.1) is 5.41 Å². The van der Waals surface area contributed by atoms with Crippen molar-refractivity contribution in [1.29, 1.82) is 0 Å². The maximum Gasteiger partial charge on any atom is 0.0431 e. The quantitative estimate of drug-likeness (QED) is 0.194. The lowest BCUT2D eigenvalue weighted by Crippen LogP contribution is -2.72. The minimum atomic E-state index is -0.0307. The molecule has 0 heterocycles. The lowest BCUT2D eigenvalue weighted by molar-refractivity contribution is -0.108. The van der Waals surface area contributed by atoms with E-state index in [0.29, 0.717) is 6.04 Å². The fraction of sp³-hybridized carbons (Fsp3) is 0.829. The summed E-state index contributed by atoms with van der Waals surface area (Å²) in [6, 6.07) is 11.7. The van der Waals surface area contributed by atoms with Gasteiger partial charge in [-0.3, -0.25) is 4.90 Å². The number of hydrogen-bond acceptors (Lipinski definition) is 4. The molecule has 4 atom stereocenters. The lowest BCUT2D eigenvalue weighted by atomic mass is 9.51. The number of unbranched alkanes of at least 4 members (excludes halogenated alkanes) is 5. The Morgan fingerprint density at radius 3 is 1.90 bits per heavy atom. The first-order valence-corrected chi connectivity index (χ1v) is 17.0. The molecule has 0 aromatic heterocycles. The predicted octanol–water partition coefficient (Wildman–Crippen LogP) is 8.48. The van der Waals surface area contributed by atoms with Gasteiger partial charge in [0.05, 0.1) is 0 Å². The van der Waals surface area contributed by atoms with Crippen molar-refractivity contribution in [1.82, 2.24) is 4.90 Å². The maximum atomic E-state index is 7.35. The Labute approximate surface area is 243 Å². The Balaban J connectivity index is 0.000000658. The zero-order valence-electron chi connectivity index (χ0n) is 26.4. The number of hydrogen-bond donors (Lipinski definition) is 3. The van der Waals surface area contributed by atoms with Gasteiger partial charge in [0, 0.05) is 29.1 Å². The van der Waals surface area contributed by atoms with Crippen LogP contribution < -0.4 is 17.2 Å². The molecular weight excluding hydrogens is 476 g/mol. The highest BCUT2D eigenvalue weighted by Crippen LogP contribution is 2.58. The summed E-state index contributed by atoms with van der Waals surface area (Å²) in [5, 5.41) is 0. The van der Waals surface area contributed by atoms with Crippen LogP contribution in [0.2, 0.25) is 0 Å². The average molecular weight is 543 g/mol. The van der Waals surface area contributed by atoms with Crippen molar-refractivity contribution in [2.75, 3.05) is 13.1 Å². The highest BCUT2D eigenvalue weighted by atomic mass is 15.2. The van der Waals surface area contributed by atoms with Crippen LogP contribution in [0.15, 0.2) is 30.3 Å². The summed E-state index contributed by atoms with van der Waals surface area (Å²) in [6.45, 7) is 11.6. The molecule has 2 aliphatic carbocycles. The summed E-state index contributed by atoms with van der Waals surface area (Å²) in [4.78, 5) is 2.84. The summed E-state index contributed by atoms with van der Waals surface area (Å²) in [5.41, 5.74) is 21.5. The average Bonchev–Trinajstić information content (AvgIpc) is 2.97. The van der Waals surface area contributed by atoms with E-state index in [0.717, 1.165) is 25.9 Å². The summed E-state index contributed by atoms with van der Waals surface area (Å²) in [7, 11) is 0. The van der Waals surface area contributed by atoms with Crippen molar-refractivity contribution in [3.05, 3.63) is 35.9 Å². The summed E-state index contributed by atoms with van der Waals surface area (Å²) < 4.78 is 0. The van der Waals surface area contributed by atoms with E-state index in [1.807, 2.05) is 0 Å².